The van der Waals surface area contributed by atoms with Crippen LogP contribution in [0.1, 0.15) is 14.6 Å². The molecule has 0 atom stereocenters. The van der Waals surface area contributed by atoms with E-state index < -0.39 is 24.5 Å². The number of ether oxygens (including phenoxy) is 1. The number of nitrogens with one attached hydrogen (secondary N) is 3. The number of aromatic nitrogens is 6. The summed E-state index contributed by atoms with van der Waals surface area (Å²) in [5.74, 6) is -1.75. The van der Waals surface area contributed by atoms with Crippen molar-refractivity contribution in [3.63, 3.8) is 0 Å². The quantitative estimate of drug-likeness (QED) is 0.371. The first-order valence-electron chi connectivity index (χ1n) is 11.0. The Morgan fingerprint density at radius 2 is 1.76 bits per heavy atom. The Hall–Kier alpha value is -4.81. The van der Waals surface area contributed by atoms with Crippen LogP contribution >= 0.6 is 0 Å². The maximum atomic E-state index is 13.6. The molecule has 0 fully saturated rings. The van der Waals surface area contributed by atoms with Crippen LogP contribution in [-0.2, 0) is 0 Å². The number of hydrogen-bond donors (Lipinski definition) is 3. The van der Waals surface area contributed by atoms with Crippen LogP contribution in [0.2, 0.25) is 0 Å². The van der Waals surface area contributed by atoms with E-state index >= 15 is 0 Å². The number of methoxy groups -OCH3 is 1. The van der Waals surface area contributed by atoms with E-state index in [-0.39, 0.29) is 40.4 Å². The average molecular weight is 468 g/mol. The fraction of sp³-hybridized carbons (Fsp3) is 0.0952. The number of hydrogen-bond acceptors (Lipinski definition) is 10. The van der Waals surface area contributed by atoms with E-state index in [0.717, 1.165) is 24.5 Å². The Bertz CT molecular complexity index is 1440. The zero-order chi connectivity index (χ0) is 26.6. The fourth-order valence-electron chi connectivity index (χ4n) is 2.88. The van der Waals surface area contributed by atoms with Gasteiger partial charge in [0.1, 0.15) is 11.6 Å². The van der Waals surface area contributed by atoms with Crippen LogP contribution in [-0.4, -0.2) is 50.1 Å². The molecule has 0 radical (unpaired) electrons. The normalized spacial score (nSPS) is 12.1. The summed E-state index contributed by atoms with van der Waals surface area (Å²) in [7, 11) is 1.35. The lowest BCUT2D eigenvalue weighted by molar-refractivity contribution is 0.0958. The minimum absolute atomic E-state index is 0.0290. The van der Waals surface area contributed by atoms with Crippen molar-refractivity contribution in [2.75, 3.05) is 24.7 Å². The molecule has 4 rings (SSSR count). The Labute approximate surface area is 195 Å². The highest BCUT2D eigenvalue weighted by Crippen LogP contribution is 2.35. The highest BCUT2D eigenvalue weighted by molar-refractivity contribution is 5.98. The molecular weight excluding hydrogens is 448 g/mol. The van der Waals surface area contributed by atoms with Crippen molar-refractivity contribution in [1.82, 2.24) is 35.5 Å². The molecule has 13 heteroatoms. The topological polar surface area (TPSA) is 140 Å². The van der Waals surface area contributed by atoms with Gasteiger partial charge in [0.15, 0.2) is 34.7 Å². The Morgan fingerprint density at radius 3 is 2.50 bits per heavy atom. The van der Waals surface area contributed by atoms with Gasteiger partial charge in [0, 0.05) is 35.6 Å². The zero-order valence-electron chi connectivity index (χ0n) is 20.4. The van der Waals surface area contributed by atoms with Crippen molar-refractivity contribution < 1.29 is 22.4 Å². The number of halogens is 2. The molecule has 34 heavy (non-hydrogen) atoms. The number of carbonyl (C=O) groups is 1. The molecule has 0 saturated heterocycles. The number of nitrogens with zero attached hydrogens (tertiary/aromatic N) is 6. The highest BCUT2D eigenvalue weighted by Gasteiger charge is 2.19. The third kappa shape index (κ3) is 4.82. The van der Waals surface area contributed by atoms with Gasteiger partial charge < -0.3 is 20.7 Å². The van der Waals surface area contributed by atoms with E-state index in [4.69, 9.17) is 8.85 Å². The first-order chi connectivity index (χ1) is 17.6. The second kappa shape index (κ2) is 9.77. The number of anilines is 4. The van der Waals surface area contributed by atoms with Crippen molar-refractivity contribution in [3.8, 4) is 17.1 Å². The second-order valence-electron chi connectivity index (χ2n) is 6.52. The summed E-state index contributed by atoms with van der Waals surface area (Å²) in [5, 5.41) is 15.1. The van der Waals surface area contributed by atoms with Crippen LogP contribution in [0.25, 0.3) is 11.4 Å². The lowest BCUT2D eigenvalue weighted by atomic mass is 10.2. The van der Waals surface area contributed by atoms with E-state index in [1.807, 2.05) is 5.32 Å². The Morgan fingerprint density at radius 1 is 0.971 bits per heavy atom. The molecule has 4 aromatic rings. The van der Waals surface area contributed by atoms with Crippen LogP contribution in [0.4, 0.5) is 31.9 Å². The SMILES string of the molecule is [2H]C([2H])([2H])NC(=O)c1nnc(Nc2cc(F)ccn2)cc1Nc1nccc(-c2ncc(F)cn2)c1OC. The van der Waals surface area contributed by atoms with Crippen LogP contribution in [0, 0.1) is 11.6 Å². The molecule has 4 heterocycles. The molecule has 172 valence electrons. The minimum atomic E-state index is -2.80. The van der Waals surface area contributed by atoms with Gasteiger partial charge in [-0.3, -0.25) is 4.79 Å². The molecule has 3 N–H and O–H groups in total. The zero-order valence-corrected chi connectivity index (χ0v) is 17.4. The number of amides is 1. The molecule has 1 amide bonds. The molecule has 0 aliphatic carbocycles. The van der Waals surface area contributed by atoms with E-state index in [9.17, 15) is 13.6 Å². The van der Waals surface area contributed by atoms with Gasteiger partial charge in [-0.15, -0.1) is 10.2 Å². The van der Waals surface area contributed by atoms with Crippen LogP contribution in [0.15, 0.2) is 49.1 Å². The van der Waals surface area contributed by atoms with Gasteiger partial charge in [-0.1, -0.05) is 0 Å². The fourth-order valence-corrected chi connectivity index (χ4v) is 2.88. The summed E-state index contributed by atoms with van der Waals surface area (Å²) in [6.45, 7) is -2.80. The van der Waals surface area contributed by atoms with Gasteiger partial charge in [0.05, 0.1) is 30.8 Å². The molecule has 0 aliphatic rings. The van der Waals surface area contributed by atoms with Gasteiger partial charge in [-0.05, 0) is 12.1 Å². The first-order valence-corrected chi connectivity index (χ1v) is 9.49. The van der Waals surface area contributed by atoms with Crippen LogP contribution in [0.5, 0.6) is 5.75 Å². The number of carbonyl (C=O) groups excluding carboxylic acids is 1. The largest absolute Gasteiger partial charge is 0.492 e. The van der Waals surface area contributed by atoms with E-state index in [0.29, 0.717) is 5.56 Å². The molecule has 0 bridgehead atoms. The predicted octanol–water partition coefficient (Wildman–Crippen LogP) is 2.86. The molecule has 0 unspecified atom stereocenters. The van der Waals surface area contributed by atoms with E-state index in [1.54, 1.807) is 0 Å². The summed E-state index contributed by atoms with van der Waals surface area (Å²) in [4.78, 5) is 28.7. The summed E-state index contributed by atoms with van der Waals surface area (Å²) in [6.07, 6.45) is 4.59. The molecule has 0 aromatic carbocycles. The first kappa shape index (κ1) is 18.7. The van der Waals surface area contributed by atoms with Crippen molar-refractivity contribution in [3.05, 3.63) is 66.4 Å². The summed E-state index contributed by atoms with van der Waals surface area (Å²) in [6, 6.07) is 5.12. The summed E-state index contributed by atoms with van der Waals surface area (Å²) < 4.78 is 54.3. The molecule has 4 aromatic heterocycles. The maximum absolute atomic E-state index is 13.6. The Balaban J connectivity index is 1.75. The number of pyridine rings is 2. The average Bonchev–Trinajstić information content (AvgIpc) is 2.83. The van der Waals surface area contributed by atoms with E-state index in [1.165, 1.54) is 31.6 Å². The van der Waals surface area contributed by atoms with Crippen molar-refractivity contribution >= 4 is 29.0 Å². The number of rotatable bonds is 7. The molecular formula is C21H17F2N9O2. The van der Waals surface area contributed by atoms with Gasteiger partial charge in [0.2, 0.25) is 0 Å². The smallest absolute Gasteiger partial charge is 0.273 e. The summed E-state index contributed by atoms with van der Waals surface area (Å²) in [5.41, 5.74) is -0.0717. The molecule has 0 spiro atoms. The lowest BCUT2D eigenvalue weighted by Crippen LogP contribution is -2.21. The van der Waals surface area contributed by atoms with Gasteiger partial charge in [-0.25, -0.2) is 28.7 Å². The highest BCUT2D eigenvalue weighted by atomic mass is 19.1. The van der Waals surface area contributed by atoms with Crippen LogP contribution < -0.4 is 20.7 Å². The third-order valence-corrected chi connectivity index (χ3v) is 4.32. The molecule has 0 aliphatic heterocycles. The van der Waals surface area contributed by atoms with Crippen molar-refractivity contribution in [1.29, 1.82) is 0 Å². The summed E-state index contributed by atoms with van der Waals surface area (Å²) >= 11 is 0. The van der Waals surface area contributed by atoms with Gasteiger partial charge in [-0.2, -0.15) is 0 Å². The van der Waals surface area contributed by atoms with Crippen LogP contribution in [0.3, 0.4) is 0 Å². The van der Waals surface area contributed by atoms with Crippen molar-refractivity contribution in [2.24, 2.45) is 0 Å². The lowest BCUT2D eigenvalue weighted by Gasteiger charge is -2.15. The predicted molar refractivity (Wildman–Crippen MR) is 118 cm³/mol. The van der Waals surface area contributed by atoms with Gasteiger partial charge >= 0.3 is 0 Å². The van der Waals surface area contributed by atoms with Crippen molar-refractivity contribution in [2.45, 2.75) is 0 Å². The van der Waals surface area contributed by atoms with E-state index in [2.05, 4.69) is 40.8 Å². The monoisotopic (exact) mass is 468 g/mol. The molecule has 0 saturated carbocycles. The third-order valence-electron chi connectivity index (χ3n) is 4.32. The minimum Gasteiger partial charge on any atom is -0.492 e. The standard InChI is InChI=1S/C21H17F2N9O2/c1-24-21(33)17-14(8-16(31-32-17)30-15-7-11(22)3-5-25-15)29-20-18(34-2)13(4-6-26-20)19-27-9-12(23)10-28-19/h3-10H,1-2H3,(H,24,33)(H2,25,26,29,30,31)/i1D3. The van der Waals surface area contributed by atoms with Gasteiger partial charge in [0.25, 0.3) is 5.91 Å². The Kier molecular flexibility index (Phi) is 5.38. The molecule has 11 nitrogen and oxygen atoms in total. The second-order valence-corrected chi connectivity index (χ2v) is 6.52. The maximum Gasteiger partial charge on any atom is 0.273 e.